The van der Waals surface area contributed by atoms with Gasteiger partial charge in [0, 0.05) is 29.1 Å². The summed E-state index contributed by atoms with van der Waals surface area (Å²) in [5.74, 6) is -0.989. The molecule has 158 valence electrons. The van der Waals surface area contributed by atoms with Gasteiger partial charge in [-0.2, -0.15) is 0 Å². The molecule has 0 radical (unpaired) electrons. The molecule has 0 spiro atoms. The maximum Gasteiger partial charge on any atom is 0.335 e. The van der Waals surface area contributed by atoms with Crippen molar-refractivity contribution in [2.24, 2.45) is 5.92 Å². The Morgan fingerprint density at radius 2 is 1.71 bits per heavy atom. The number of carboxylic acid groups (broad SMARTS) is 1. The molecule has 0 fully saturated rings. The van der Waals surface area contributed by atoms with Crippen LogP contribution in [0.25, 0.3) is 21.7 Å². The lowest BCUT2D eigenvalue weighted by Gasteiger charge is -2.13. The molecule has 3 aromatic carbocycles. The van der Waals surface area contributed by atoms with E-state index >= 15 is 0 Å². The van der Waals surface area contributed by atoms with Crippen LogP contribution in [0.1, 0.15) is 59.2 Å². The molecule has 4 heteroatoms. The van der Waals surface area contributed by atoms with E-state index in [1.165, 1.54) is 10.8 Å². The second-order valence-corrected chi connectivity index (χ2v) is 8.40. The molecule has 1 aromatic heterocycles. The van der Waals surface area contributed by atoms with Gasteiger partial charge in [0.15, 0.2) is 5.78 Å². The van der Waals surface area contributed by atoms with Crippen molar-refractivity contribution in [1.82, 2.24) is 4.57 Å². The Morgan fingerprint density at radius 3 is 2.39 bits per heavy atom. The summed E-state index contributed by atoms with van der Waals surface area (Å²) in [6.45, 7) is 6.52. The second kappa shape index (κ2) is 8.38. The van der Waals surface area contributed by atoms with Gasteiger partial charge in [-0.3, -0.25) is 4.79 Å². The maximum absolute atomic E-state index is 13.2. The molecule has 4 aromatic rings. The van der Waals surface area contributed by atoms with Crippen molar-refractivity contribution in [3.63, 3.8) is 0 Å². The number of fused-ring (bicyclic) bond motifs is 2. The van der Waals surface area contributed by atoms with Gasteiger partial charge in [-0.25, -0.2) is 4.79 Å². The average molecular weight is 414 g/mol. The second-order valence-electron chi connectivity index (χ2n) is 8.40. The van der Waals surface area contributed by atoms with Crippen LogP contribution in [0.2, 0.25) is 0 Å². The van der Waals surface area contributed by atoms with E-state index in [9.17, 15) is 14.7 Å². The van der Waals surface area contributed by atoms with Gasteiger partial charge in [0.1, 0.15) is 0 Å². The predicted molar refractivity (Wildman–Crippen MR) is 125 cm³/mol. The molecule has 4 rings (SSSR count). The topological polar surface area (TPSA) is 59.3 Å². The Kier molecular flexibility index (Phi) is 5.64. The number of carbonyl (C=O) groups is 2. The summed E-state index contributed by atoms with van der Waals surface area (Å²) in [4.78, 5) is 24.8. The molecule has 4 nitrogen and oxygen atoms in total. The SMILES string of the molecule is CCCc1c(C(=O)C(C)C)c2ccc(C(=O)O)cc2n1Cc1ccc2ccccc2c1. The third kappa shape index (κ3) is 3.86. The van der Waals surface area contributed by atoms with E-state index in [0.717, 1.165) is 40.6 Å². The Hall–Kier alpha value is -3.40. The number of hydrogen-bond donors (Lipinski definition) is 1. The van der Waals surface area contributed by atoms with Crippen LogP contribution < -0.4 is 0 Å². The van der Waals surface area contributed by atoms with E-state index in [-0.39, 0.29) is 17.3 Å². The smallest absolute Gasteiger partial charge is 0.335 e. The third-order valence-electron chi connectivity index (χ3n) is 5.83. The first-order chi connectivity index (χ1) is 14.9. The summed E-state index contributed by atoms with van der Waals surface area (Å²) in [5, 5.41) is 12.7. The lowest BCUT2D eigenvalue weighted by Crippen LogP contribution is -2.12. The zero-order valence-electron chi connectivity index (χ0n) is 18.2. The lowest BCUT2D eigenvalue weighted by atomic mass is 9.96. The molecule has 1 heterocycles. The van der Waals surface area contributed by atoms with Crippen molar-refractivity contribution >= 4 is 33.4 Å². The highest BCUT2D eigenvalue weighted by Crippen LogP contribution is 2.32. The van der Waals surface area contributed by atoms with Gasteiger partial charge in [-0.05, 0) is 41.0 Å². The fourth-order valence-corrected chi connectivity index (χ4v) is 4.30. The number of carboxylic acids is 1. The molecule has 0 aliphatic heterocycles. The molecular formula is C27H27NO3. The van der Waals surface area contributed by atoms with E-state index in [2.05, 4.69) is 41.8 Å². The minimum atomic E-state index is -0.964. The summed E-state index contributed by atoms with van der Waals surface area (Å²) in [6.07, 6.45) is 1.66. The maximum atomic E-state index is 13.2. The normalized spacial score (nSPS) is 11.5. The van der Waals surface area contributed by atoms with Crippen LogP contribution in [0.4, 0.5) is 0 Å². The van der Waals surface area contributed by atoms with Crippen molar-refractivity contribution < 1.29 is 14.7 Å². The van der Waals surface area contributed by atoms with Gasteiger partial charge >= 0.3 is 5.97 Å². The molecular weight excluding hydrogens is 386 g/mol. The van der Waals surface area contributed by atoms with E-state index < -0.39 is 5.97 Å². The number of aromatic nitrogens is 1. The average Bonchev–Trinajstić information content (AvgIpc) is 3.05. The highest BCUT2D eigenvalue weighted by molar-refractivity contribution is 6.11. The molecule has 0 unspecified atom stereocenters. The number of Topliss-reactive ketones (excluding diaryl/α,β-unsaturated/α-hetero) is 1. The van der Waals surface area contributed by atoms with Crippen LogP contribution in [0.5, 0.6) is 0 Å². The summed E-state index contributed by atoms with van der Waals surface area (Å²) >= 11 is 0. The van der Waals surface area contributed by atoms with Gasteiger partial charge in [-0.15, -0.1) is 0 Å². The van der Waals surface area contributed by atoms with Crippen LogP contribution in [0.15, 0.2) is 60.7 Å². The summed E-state index contributed by atoms with van der Waals surface area (Å²) < 4.78 is 2.14. The quantitative estimate of drug-likeness (QED) is 0.360. The number of carbonyl (C=O) groups excluding carboxylic acids is 1. The van der Waals surface area contributed by atoms with Gasteiger partial charge in [0.2, 0.25) is 0 Å². The van der Waals surface area contributed by atoms with Crippen molar-refractivity contribution in [2.75, 3.05) is 0 Å². The summed E-state index contributed by atoms with van der Waals surface area (Å²) in [7, 11) is 0. The van der Waals surface area contributed by atoms with Crippen molar-refractivity contribution in [3.8, 4) is 0 Å². The minimum Gasteiger partial charge on any atom is -0.478 e. The van der Waals surface area contributed by atoms with Crippen LogP contribution in [-0.4, -0.2) is 21.4 Å². The summed E-state index contributed by atoms with van der Waals surface area (Å²) in [5.41, 5.74) is 3.89. The molecule has 1 N–H and O–H groups in total. The fourth-order valence-electron chi connectivity index (χ4n) is 4.30. The highest BCUT2D eigenvalue weighted by Gasteiger charge is 2.24. The molecule has 0 bridgehead atoms. The summed E-state index contributed by atoms with van der Waals surface area (Å²) in [6, 6.07) is 19.7. The van der Waals surface area contributed by atoms with Crippen molar-refractivity contribution in [3.05, 3.63) is 83.0 Å². The molecule has 0 saturated heterocycles. The monoisotopic (exact) mass is 413 g/mol. The number of ketones is 1. The Morgan fingerprint density at radius 1 is 0.968 bits per heavy atom. The van der Waals surface area contributed by atoms with Gasteiger partial charge < -0.3 is 9.67 Å². The van der Waals surface area contributed by atoms with E-state index in [1.807, 2.05) is 26.0 Å². The zero-order valence-corrected chi connectivity index (χ0v) is 18.2. The van der Waals surface area contributed by atoms with Gasteiger partial charge in [-0.1, -0.05) is 69.7 Å². The first-order valence-corrected chi connectivity index (χ1v) is 10.8. The van der Waals surface area contributed by atoms with Crippen LogP contribution >= 0.6 is 0 Å². The first-order valence-electron chi connectivity index (χ1n) is 10.8. The Bertz CT molecular complexity index is 1300. The van der Waals surface area contributed by atoms with Gasteiger partial charge in [0.05, 0.1) is 11.1 Å². The number of benzene rings is 3. The number of hydrogen-bond acceptors (Lipinski definition) is 2. The Balaban J connectivity index is 1.95. The van der Waals surface area contributed by atoms with E-state index in [1.54, 1.807) is 18.2 Å². The lowest BCUT2D eigenvalue weighted by molar-refractivity contribution is 0.0696. The van der Waals surface area contributed by atoms with Crippen LogP contribution in [-0.2, 0) is 13.0 Å². The van der Waals surface area contributed by atoms with Crippen LogP contribution in [0.3, 0.4) is 0 Å². The van der Waals surface area contributed by atoms with Crippen LogP contribution in [0, 0.1) is 5.92 Å². The number of aromatic carboxylic acids is 1. The molecule has 0 aliphatic rings. The van der Waals surface area contributed by atoms with E-state index in [0.29, 0.717) is 6.54 Å². The molecule has 31 heavy (non-hydrogen) atoms. The Labute approximate surface area is 182 Å². The first kappa shape index (κ1) is 20.9. The highest BCUT2D eigenvalue weighted by atomic mass is 16.4. The number of nitrogens with zero attached hydrogens (tertiary/aromatic N) is 1. The largest absolute Gasteiger partial charge is 0.478 e. The zero-order chi connectivity index (χ0) is 22.1. The standard InChI is InChI=1S/C27H27NO3/c1-4-7-23-25(26(29)17(2)3)22-13-12-21(27(30)31)15-24(22)28(23)16-18-10-11-19-8-5-6-9-20(19)14-18/h5-6,8-15,17H,4,7,16H2,1-3H3,(H,30,31). The molecule has 0 aliphatic carbocycles. The molecule has 0 atom stereocenters. The van der Waals surface area contributed by atoms with Crippen molar-refractivity contribution in [1.29, 1.82) is 0 Å². The molecule has 0 saturated carbocycles. The number of rotatable bonds is 7. The fraction of sp³-hybridized carbons (Fsp3) is 0.259. The van der Waals surface area contributed by atoms with Crippen molar-refractivity contribution in [2.45, 2.75) is 40.2 Å². The minimum absolute atomic E-state index is 0.105. The predicted octanol–water partition coefficient (Wildman–Crippen LogP) is 6.33. The van der Waals surface area contributed by atoms with E-state index in [4.69, 9.17) is 0 Å². The van der Waals surface area contributed by atoms with Gasteiger partial charge in [0.25, 0.3) is 0 Å². The molecule has 0 amide bonds. The third-order valence-corrected chi connectivity index (χ3v) is 5.83.